The third kappa shape index (κ3) is 8.98. The molecule has 9 nitrogen and oxygen atoms in total. The summed E-state index contributed by atoms with van der Waals surface area (Å²) >= 11 is 0. The number of benzene rings is 4. The quantitative estimate of drug-likeness (QED) is 0.252. The largest absolute Gasteiger partial charge is 0.496 e. The fourth-order valence-electron chi connectivity index (χ4n) is 4.29. The van der Waals surface area contributed by atoms with Crippen molar-refractivity contribution in [2.75, 3.05) is 40.5 Å². The van der Waals surface area contributed by atoms with Gasteiger partial charge in [-0.1, -0.05) is 60.7 Å². The summed E-state index contributed by atoms with van der Waals surface area (Å²) in [6, 6.07) is 29.7. The number of carbonyl (C=O) groups excluding carboxylic acids is 1. The van der Waals surface area contributed by atoms with Crippen molar-refractivity contribution in [2.24, 2.45) is 0 Å². The number of carboxylic acid groups (broad SMARTS) is 1. The van der Waals surface area contributed by atoms with Gasteiger partial charge in [-0.2, -0.15) is 0 Å². The number of carbonyl (C=O) groups is 2. The number of morpholine rings is 1. The van der Waals surface area contributed by atoms with Gasteiger partial charge in [-0.3, -0.25) is 4.79 Å². The minimum atomic E-state index is -1.02. The molecule has 4 aromatic carbocycles. The molecule has 4 aromatic rings. The Morgan fingerprint density at radius 2 is 1.16 bits per heavy atom. The molecular weight excluding hydrogens is 550 g/mol. The van der Waals surface area contributed by atoms with Crippen molar-refractivity contribution in [3.8, 4) is 23.0 Å². The van der Waals surface area contributed by atoms with E-state index in [1.165, 1.54) is 13.2 Å². The fourth-order valence-corrected chi connectivity index (χ4v) is 4.29. The topological polar surface area (TPSA) is 104 Å². The molecule has 0 spiro atoms. The molecule has 0 unspecified atom stereocenters. The number of carboxylic acids is 1. The van der Waals surface area contributed by atoms with E-state index in [9.17, 15) is 9.59 Å². The van der Waals surface area contributed by atoms with Crippen LogP contribution in [-0.2, 0) is 18.0 Å². The lowest BCUT2D eigenvalue weighted by atomic mass is 10.1. The van der Waals surface area contributed by atoms with Crippen molar-refractivity contribution in [1.82, 2.24) is 4.90 Å². The van der Waals surface area contributed by atoms with Gasteiger partial charge in [0.2, 0.25) is 0 Å². The first kappa shape index (κ1) is 30.9. The number of hydrogen-bond donors (Lipinski definition) is 1. The van der Waals surface area contributed by atoms with Gasteiger partial charge in [0.05, 0.1) is 33.0 Å². The summed E-state index contributed by atoms with van der Waals surface area (Å²) in [5.74, 6) is 1.01. The minimum Gasteiger partial charge on any atom is -0.496 e. The lowest BCUT2D eigenvalue weighted by molar-refractivity contribution is 0.0301. The molecule has 0 saturated carbocycles. The van der Waals surface area contributed by atoms with Crippen LogP contribution in [0, 0.1) is 0 Å². The van der Waals surface area contributed by atoms with Crippen LogP contribution in [0.4, 0.5) is 0 Å². The Morgan fingerprint density at radius 3 is 1.63 bits per heavy atom. The van der Waals surface area contributed by atoms with Crippen LogP contribution in [0.15, 0.2) is 97.1 Å². The molecule has 0 atom stereocenters. The molecular formula is C34H35NO8. The first-order chi connectivity index (χ1) is 21.0. The number of hydrogen-bond acceptors (Lipinski definition) is 7. The van der Waals surface area contributed by atoms with Crippen LogP contribution in [0.3, 0.4) is 0 Å². The Balaban J connectivity index is 0.000000203. The zero-order valence-electron chi connectivity index (χ0n) is 24.2. The second kappa shape index (κ2) is 15.8. The molecule has 43 heavy (non-hydrogen) atoms. The molecule has 1 heterocycles. The van der Waals surface area contributed by atoms with E-state index in [1.54, 1.807) is 42.3 Å². The summed E-state index contributed by atoms with van der Waals surface area (Å²) in [7, 11) is 3.00. The normalized spacial score (nSPS) is 12.4. The Kier molecular flexibility index (Phi) is 11.4. The van der Waals surface area contributed by atoms with E-state index in [-0.39, 0.29) is 17.2 Å². The van der Waals surface area contributed by atoms with Crippen LogP contribution in [0.1, 0.15) is 31.8 Å². The van der Waals surface area contributed by atoms with Gasteiger partial charge in [-0.15, -0.1) is 0 Å². The third-order valence-corrected chi connectivity index (χ3v) is 6.60. The second-order valence-electron chi connectivity index (χ2n) is 9.48. The van der Waals surface area contributed by atoms with Gasteiger partial charge in [0, 0.05) is 25.2 Å². The fraction of sp³-hybridized carbons (Fsp3) is 0.235. The third-order valence-electron chi connectivity index (χ3n) is 6.60. The molecule has 1 aliphatic heterocycles. The van der Waals surface area contributed by atoms with E-state index in [2.05, 4.69) is 0 Å². The first-order valence-corrected chi connectivity index (χ1v) is 13.8. The number of methoxy groups -OCH3 is 2. The number of nitrogens with zero attached hydrogens (tertiary/aromatic N) is 1. The highest BCUT2D eigenvalue weighted by Crippen LogP contribution is 2.27. The zero-order chi connectivity index (χ0) is 30.4. The lowest BCUT2D eigenvalue weighted by Crippen LogP contribution is -2.40. The maximum atomic E-state index is 12.6. The number of amides is 1. The predicted octanol–water partition coefficient (Wildman–Crippen LogP) is 5.72. The summed E-state index contributed by atoms with van der Waals surface area (Å²) in [6.07, 6.45) is 0. The smallest absolute Gasteiger partial charge is 0.339 e. The predicted molar refractivity (Wildman–Crippen MR) is 161 cm³/mol. The minimum absolute atomic E-state index is 0.0373. The van der Waals surface area contributed by atoms with Crippen LogP contribution < -0.4 is 18.9 Å². The molecule has 1 aliphatic rings. The van der Waals surface area contributed by atoms with Gasteiger partial charge in [0.15, 0.2) is 0 Å². The molecule has 1 amide bonds. The molecule has 224 valence electrons. The Bertz CT molecular complexity index is 1470. The summed E-state index contributed by atoms with van der Waals surface area (Å²) in [6.45, 7) is 3.26. The molecule has 1 saturated heterocycles. The Labute approximate surface area is 251 Å². The van der Waals surface area contributed by atoms with Crippen LogP contribution in [0.2, 0.25) is 0 Å². The molecule has 0 bridgehead atoms. The monoisotopic (exact) mass is 585 g/mol. The van der Waals surface area contributed by atoms with E-state index in [0.717, 1.165) is 11.1 Å². The van der Waals surface area contributed by atoms with Gasteiger partial charge in [0.1, 0.15) is 41.8 Å². The van der Waals surface area contributed by atoms with Gasteiger partial charge in [0.25, 0.3) is 5.91 Å². The van der Waals surface area contributed by atoms with Gasteiger partial charge >= 0.3 is 5.97 Å². The van der Waals surface area contributed by atoms with Gasteiger partial charge in [-0.05, 0) is 35.4 Å². The summed E-state index contributed by atoms with van der Waals surface area (Å²) < 4.78 is 27.1. The summed E-state index contributed by atoms with van der Waals surface area (Å²) in [5, 5.41) is 8.97. The first-order valence-electron chi connectivity index (χ1n) is 13.8. The molecule has 1 fully saturated rings. The van der Waals surface area contributed by atoms with Crippen molar-refractivity contribution in [3.05, 3.63) is 119 Å². The highest BCUT2D eigenvalue weighted by Gasteiger charge is 2.22. The molecule has 0 aliphatic carbocycles. The SMILES string of the molecule is COc1cc(OCc2ccccc2)ccc1C(=O)N1CCOCC1.COc1cc(OCc2ccccc2)ccc1C(=O)O. The maximum Gasteiger partial charge on any atom is 0.339 e. The molecule has 0 aromatic heterocycles. The zero-order valence-corrected chi connectivity index (χ0v) is 24.2. The van der Waals surface area contributed by atoms with Crippen molar-refractivity contribution in [2.45, 2.75) is 13.2 Å². The highest BCUT2D eigenvalue weighted by atomic mass is 16.5. The van der Waals surface area contributed by atoms with Crippen molar-refractivity contribution >= 4 is 11.9 Å². The molecule has 1 N–H and O–H groups in total. The van der Waals surface area contributed by atoms with E-state index < -0.39 is 5.97 Å². The average Bonchev–Trinajstić information content (AvgIpc) is 3.07. The summed E-state index contributed by atoms with van der Waals surface area (Å²) in [5.41, 5.74) is 2.80. The van der Waals surface area contributed by atoms with E-state index in [0.29, 0.717) is 62.3 Å². The average molecular weight is 586 g/mol. The van der Waals surface area contributed by atoms with Crippen molar-refractivity contribution in [3.63, 3.8) is 0 Å². The molecule has 9 heteroatoms. The van der Waals surface area contributed by atoms with Crippen molar-refractivity contribution in [1.29, 1.82) is 0 Å². The van der Waals surface area contributed by atoms with Crippen LogP contribution in [0.25, 0.3) is 0 Å². The van der Waals surface area contributed by atoms with E-state index >= 15 is 0 Å². The molecule has 5 rings (SSSR count). The van der Waals surface area contributed by atoms with Crippen LogP contribution >= 0.6 is 0 Å². The van der Waals surface area contributed by atoms with Gasteiger partial charge in [-0.25, -0.2) is 4.79 Å². The van der Waals surface area contributed by atoms with E-state index in [4.69, 9.17) is 28.8 Å². The highest BCUT2D eigenvalue weighted by molar-refractivity contribution is 5.97. The van der Waals surface area contributed by atoms with Crippen LogP contribution in [0.5, 0.6) is 23.0 Å². The number of aromatic carboxylic acids is 1. The lowest BCUT2D eigenvalue weighted by Gasteiger charge is -2.27. The van der Waals surface area contributed by atoms with Crippen LogP contribution in [-0.4, -0.2) is 62.4 Å². The van der Waals surface area contributed by atoms with Crippen molar-refractivity contribution < 1.29 is 38.4 Å². The Hall–Kier alpha value is -5.02. The summed E-state index contributed by atoms with van der Waals surface area (Å²) in [4.78, 5) is 25.4. The number of ether oxygens (including phenoxy) is 5. The standard InChI is InChI=1S/C19H21NO4.C15H14O4/c1-22-18-13-16(24-14-15-5-3-2-4-6-15)7-8-17(18)19(21)20-9-11-23-12-10-20;1-18-14-9-12(7-8-13(14)15(16)17)19-10-11-5-3-2-4-6-11/h2-8,13H,9-12,14H2,1H3;2-9H,10H2,1H3,(H,16,17). The number of rotatable bonds is 10. The second-order valence-corrected chi connectivity index (χ2v) is 9.48. The Morgan fingerprint density at radius 1 is 0.698 bits per heavy atom. The molecule has 0 radical (unpaired) electrons. The van der Waals surface area contributed by atoms with E-state index in [1.807, 2.05) is 60.7 Å². The maximum absolute atomic E-state index is 12.6. The van der Waals surface area contributed by atoms with Gasteiger partial charge < -0.3 is 33.7 Å².